The van der Waals surface area contributed by atoms with Crippen molar-refractivity contribution in [1.82, 2.24) is 9.97 Å². The zero-order chi connectivity index (χ0) is 21.8. The van der Waals surface area contributed by atoms with Crippen molar-refractivity contribution in [3.05, 3.63) is 47.1 Å². The Morgan fingerprint density at radius 2 is 1.90 bits per heavy atom. The van der Waals surface area contributed by atoms with Crippen LogP contribution in [0.25, 0.3) is 11.0 Å². The second-order valence-corrected chi connectivity index (χ2v) is 7.36. The molecule has 9 heteroatoms. The molecule has 2 aromatic carbocycles. The van der Waals surface area contributed by atoms with E-state index >= 15 is 0 Å². The Labute approximate surface area is 184 Å². The fourth-order valence-electron chi connectivity index (χ4n) is 3.33. The zero-order valence-electron chi connectivity index (χ0n) is 17.2. The molecule has 0 amide bonds. The van der Waals surface area contributed by atoms with Gasteiger partial charge in [-0.1, -0.05) is 23.7 Å². The van der Waals surface area contributed by atoms with Gasteiger partial charge in [-0.3, -0.25) is 0 Å². The Hall–Kier alpha value is -3.10. The number of esters is 1. The van der Waals surface area contributed by atoms with Crippen LogP contribution in [0.5, 0.6) is 11.5 Å². The highest BCUT2D eigenvalue weighted by Crippen LogP contribution is 2.37. The molecular weight excluding hydrogens is 422 g/mol. The average Bonchev–Trinajstić information content (AvgIpc) is 3.31. The molecule has 0 unspecified atom stereocenters. The molecule has 4 rings (SSSR count). The number of hydrogen-bond acceptors (Lipinski definition) is 8. The lowest BCUT2D eigenvalue weighted by Gasteiger charge is -2.16. The van der Waals surface area contributed by atoms with Gasteiger partial charge < -0.3 is 24.3 Å². The van der Waals surface area contributed by atoms with E-state index in [2.05, 4.69) is 15.3 Å². The Balaban J connectivity index is 1.69. The summed E-state index contributed by atoms with van der Waals surface area (Å²) in [6.45, 7) is 0.854. The van der Waals surface area contributed by atoms with E-state index in [0.717, 1.165) is 12.8 Å². The number of carbonyl (C=O) groups is 1. The summed E-state index contributed by atoms with van der Waals surface area (Å²) < 4.78 is 21.7. The molecule has 0 aliphatic carbocycles. The van der Waals surface area contributed by atoms with Gasteiger partial charge in [0.05, 0.1) is 42.1 Å². The minimum atomic E-state index is -0.588. The van der Waals surface area contributed by atoms with E-state index in [9.17, 15) is 4.79 Å². The fraction of sp³-hybridized carbons (Fsp3) is 0.318. The van der Waals surface area contributed by atoms with Crippen LogP contribution in [0.4, 0.5) is 11.5 Å². The largest absolute Gasteiger partial charge is 0.495 e. The summed E-state index contributed by atoms with van der Waals surface area (Å²) in [4.78, 5) is 22.0. The van der Waals surface area contributed by atoms with Gasteiger partial charge in [0.2, 0.25) is 0 Å². The van der Waals surface area contributed by atoms with E-state index in [1.54, 1.807) is 18.2 Å². The maximum atomic E-state index is 12.9. The van der Waals surface area contributed by atoms with Gasteiger partial charge in [-0.25, -0.2) is 14.8 Å². The Kier molecular flexibility index (Phi) is 6.39. The average molecular weight is 444 g/mol. The molecule has 1 saturated heterocycles. The van der Waals surface area contributed by atoms with Crippen LogP contribution in [-0.2, 0) is 9.47 Å². The van der Waals surface area contributed by atoms with Crippen LogP contribution in [0.1, 0.15) is 23.3 Å². The van der Waals surface area contributed by atoms with Crippen LogP contribution < -0.4 is 14.8 Å². The van der Waals surface area contributed by atoms with Crippen LogP contribution in [0.15, 0.2) is 36.4 Å². The Bertz CT molecular complexity index is 1100. The standard InChI is InChI=1S/C22H22ClN3O5/c1-28-18-11-19(29-2)17(10-14(18)23)26-21-20(22(27)31-12-13-6-5-9-30-13)24-15-7-3-4-8-16(15)25-21/h3-4,7-8,10-11,13H,5-6,9,12H2,1-2H3,(H,25,26)/t13-/m1/s1. The van der Waals surface area contributed by atoms with Crippen LogP contribution in [0.2, 0.25) is 5.02 Å². The maximum Gasteiger partial charge on any atom is 0.360 e. The number of anilines is 2. The van der Waals surface area contributed by atoms with Gasteiger partial charge in [-0.15, -0.1) is 0 Å². The fourth-order valence-corrected chi connectivity index (χ4v) is 3.57. The molecule has 1 aliphatic rings. The van der Waals surface area contributed by atoms with E-state index in [0.29, 0.717) is 39.8 Å². The summed E-state index contributed by atoms with van der Waals surface area (Å²) in [5.41, 5.74) is 1.77. The number of nitrogens with zero attached hydrogens (tertiary/aromatic N) is 2. The monoisotopic (exact) mass is 443 g/mol. The molecule has 1 fully saturated rings. The summed E-state index contributed by atoms with van der Waals surface area (Å²) in [5, 5.41) is 3.49. The van der Waals surface area contributed by atoms with Crippen molar-refractivity contribution in [1.29, 1.82) is 0 Å². The third-order valence-corrected chi connectivity index (χ3v) is 5.21. The highest BCUT2D eigenvalue weighted by molar-refractivity contribution is 6.32. The quantitative estimate of drug-likeness (QED) is 0.538. The van der Waals surface area contributed by atoms with Crippen molar-refractivity contribution in [3.8, 4) is 11.5 Å². The predicted molar refractivity (Wildman–Crippen MR) is 117 cm³/mol. The van der Waals surface area contributed by atoms with Gasteiger partial charge in [-0.05, 0) is 31.0 Å². The highest BCUT2D eigenvalue weighted by Gasteiger charge is 2.23. The zero-order valence-corrected chi connectivity index (χ0v) is 17.9. The number of halogens is 1. The third-order valence-electron chi connectivity index (χ3n) is 4.92. The van der Waals surface area contributed by atoms with Crippen molar-refractivity contribution in [2.24, 2.45) is 0 Å². The molecule has 1 aliphatic heterocycles. The first-order valence-corrected chi connectivity index (χ1v) is 10.2. The second-order valence-electron chi connectivity index (χ2n) is 6.96. The molecule has 0 radical (unpaired) electrons. The molecule has 8 nitrogen and oxygen atoms in total. The topological polar surface area (TPSA) is 91.8 Å². The maximum absolute atomic E-state index is 12.9. The van der Waals surface area contributed by atoms with Crippen molar-refractivity contribution < 1.29 is 23.7 Å². The molecule has 0 spiro atoms. The van der Waals surface area contributed by atoms with Crippen LogP contribution in [0, 0.1) is 0 Å². The number of hydrogen-bond donors (Lipinski definition) is 1. The van der Waals surface area contributed by atoms with E-state index in [1.807, 2.05) is 18.2 Å². The molecule has 1 atom stereocenters. The third kappa shape index (κ3) is 4.65. The van der Waals surface area contributed by atoms with Gasteiger partial charge in [0, 0.05) is 12.7 Å². The predicted octanol–water partition coefficient (Wildman–Crippen LogP) is 4.38. The minimum Gasteiger partial charge on any atom is -0.495 e. The molecule has 0 bridgehead atoms. The number of rotatable bonds is 7. The lowest BCUT2D eigenvalue weighted by atomic mass is 10.2. The number of nitrogens with one attached hydrogen (secondary N) is 1. The molecule has 1 N–H and O–H groups in total. The summed E-state index contributed by atoms with van der Waals surface area (Å²) in [5.74, 6) is 0.574. The SMILES string of the molecule is COc1cc(OC)c(Nc2nc3ccccc3nc2C(=O)OC[C@H]2CCCO2)cc1Cl. The number of methoxy groups -OCH3 is 2. The van der Waals surface area contributed by atoms with Crippen molar-refractivity contribution in [2.45, 2.75) is 18.9 Å². The summed E-state index contributed by atoms with van der Waals surface area (Å²) in [6, 6.07) is 10.6. The van der Waals surface area contributed by atoms with E-state index < -0.39 is 5.97 Å². The summed E-state index contributed by atoms with van der Waals surface area (Å²) in [7, 11) is 3.04. The number of benzene rings is 2. The summed E-state index contributed by atoms with van der Waals surface area (Å²) in [6.07, 6.45) is 1.74. The molecular formula is C22H22ClN3O5. The molecule has 3 aromatic rings. The lowest BCUT2D eigenvalue weighted by molar-refractivity contribution is 0.0157. The number of fused-ring (bicyclic) bond motifs is 1. The molecule has 2 heterocycles. The van der Waals surface area contributed by atoms with Crippen LogP contribution in [-0.4, -0.2) is 49.5 Å². The molecule has 0 saturated carbocycles. The first kappa shape index (κ1) is 21.1. The van der Waals surface area contributed by atoms with E-state index in [4.69, 9.17) is 30.5 Å². The van der Waals surface area contributed by atoms with E-state index in [1.165, 1.54) is 14.2 Å². The van der Waals surface area contributed by atoms with Gasteiger partial charge in [0.25, 0.3) is 0 Å². The van der Waals surface area contributed by atoms with Gasteiger partial charge in [0.15, 0.2) is 11.5 Å². The summed E-state index contributed by atoms with van der Waals surface area (Å²) >= 11 is 6.28. The number of ether oxygens (including phenoxy) is 4. The lowest BCUT2D eigenvalue weighted by Crippen LogP contribution is -2.20. The highest BCUT2D eigenvalue weighted by atomic mass is 35.5. The van der Waals surface area contributed by atoms with Crippen molar-refractivity contribution in [3.63, 3.8) is 0 Å². The van der Waals surface area contributed by atoms with Gasteiger partial charge >= 0.3 is 5.97 Å². The van der Waals surface area contributed by atoms with Gasteiger partial charge in [-0.2, -0.15) is 0 Å². The first-order chi connectivity index (χ1) is 15.1. The number of aromatic nitrogens is 2. The smallest absolute Gasteiger partial charge is 0.360 e. The van der Waals surface area contributed by atoms with Crippen molar-refractivity contribution >= 4 is 40.1 Å². The Morgan fingerprint density at radius 3 is 2.58 bits per heavy atom. The van der Waals surface area contributed by atoms with Gasteiger partial charge in [0.1, 0.15) is 18.1 Å². The first-order valence-electron chi connectivity index (χ1n) is 9.83. The van der Waals surface area contributed by atoms with Crippen LogP contribution >= 0.6 is 11.6 Å². The van der Waals surface area contributed by atoms with E-state index in [-0.39, 0.29) is 24.2 Å². The molecule has 31 heavy (non-hydrogen) atoms. The van der Waals surface area contributed by atoms with Crippen molar-refractivity contribution in [2.75, 3.05) is 32.8 Å². The number of para-hydroxylation sites is 2. The minimum absolute atomic E-state index is 0.0608. The number of carbonyl (C=O) groups excluding carboxylic acids is 1. The van der Waals surface area contributed by atoms with Crippen LogP contribution in [0.3, 0.4) is 0 Å². The Morgan fingerprint density at radius 1 is 1.16 bits per heavy atom. The molecule has 162 valence electrons. The molecule has 1 aromatic heterocycles. The normalized spacial score (nSPS) is 15.6. The second kappa shape index (κ2) is 9.36.